The molecule has 7 heteroatoms. The maximum Gasteiger partial charge on any atom is 0.325 e. The summed E-state index contributed by atoms with van der Waals surface area (Å²) in [6.07, 6.45) is 0. The fourth-order valence-electron chi connectivity index (χ4n) is 1.50. The molecular weight excluding hydrogens is 346 g/mol. The van der Waals surface area contributed by atoms with Crippen molar-refractivity contribution >= 4 is 31.9 Å². The van der Waals surface area contributed by atoms with Gasteiger partial charge in [0.25, 0.3) is 0 Å². The minimum absolute atomic E-state index is 0.0109. The van der Waals surface area contributed by atoms with E-state index in [2.05, 4.69) is 20.7 Å². The highest BCUT2D eigenvalue weighted by atomic mass is 79.9. The summed E-state index contributed by atoms with van der Waals surface area (Å²) in [7, 11) is -3.95. The third-order valence-electron chi connectivity index (χ3n) is 3.39. The molecule has 0 heterocycles. The number of rotatable bonds is 4. The van der Waals surface area contributed by atoms with Gasteiger partial charge in [0.1, 0.15) is 5.54 Å². The van der Waals surface area contributed by atoms with Crippen LogP contribution < -0.4 is 4.72 Å². The Morgan fingerprint density at radius 2 is 1.70 bits per heavy atom. The second-order valence-electron chi connectivity index (χ2n) is 5.72. The Balaban J connectivity index is 3.32. The highest BCUT2D eigenvalue weighted by Crippen LogP contribution is 2.33. The molecular formula is C13H18BrNO4S. The zero-order valence-corrected chi connectivity index (χ0v) is 14.2. The number of carboxylic acids is 1. The fourth-order valence-corrected chi connectivity index (χ4v) is 4.05. The molecule has 0 amide bonds. The quantitative estimate of drug-likeness (QED) is 0.860. The van der Waals surface area contributed by atoms with Crippen molar-refractivity contribution in [3.63, 3.8) is 0 Å². The number of carbonyl (C=O) groups is 1. The third kappa shape index (κ3) is 3.21. The highest BCUT2D eigenvalue weighted by molar-refractivity contribution is 9.10. The lowest BCUT2D eigenvalue weighted by Gasteiger charge is -2.38. The lowest BCUT2D eigenvalue weighted by Crippen LogP contribution is -2.60. The molecule has 1 aromatic rings. The minimum atomic E-state index is -3.95. The minimum Gasteiger partial charge on any atom is -0.480 e. The predicted octanol–water partition coefficient (Wildman–Crippen LogP) is 2.62. The standard InChI is InChI=1S/C13H18BrNO4S/c1-12(2,3)13(4,11(16)17)15-20(18,19)10-8-6-5-7-9(10)14/h5-8,15H,1-4H3,(H,16,17)/t13-/m1/s1. The number of nitrogens with one attached hydrogen (secondary N) is 1. The Hall–Kier alpha value is -0.920. The van der Waals surface area contributed by atoms with Gasteiger partial charge in [-0.3, -0.25) is 4.79 Å². The van der Waals surface area contributed by atoms with Crippen LogP contribution in [0.25, 0.3) is 0 Å². The Morgan fingerprint density at radius 1 is 1.20 bits per heavy atom. The van der Waals surface area contributed by atoms with E-state index in [1.54, 1.807) is 39.0 Å². The van der Waals surface area contributed by atoms with Crippen LogP contribution in [0.2, 0.25) is 0 Å². The molecule has 0 aliphatic carbocycles. The molecule has 2 N–H and O–H groups in total. The number of aliphatic carboxylic acids is 1. The van der Waals surface area contributed by atoms with Crippen molar-refractivity contribution in [3.05, 3.63) is 28.7 Å². The number of halogens is 1. The van der Waals surface area contributed by atoms with Crippen molar-refractivity contribution in [3.8, 4) is 0 Å². The molecule has 0 unspecified atom stereocenters. The van der Waals surface area contributed by atoms with Gasteiger partial charge in [-0.15, -0.1) is 0 Å². The van der Waals surface area contributed by atoms with Gasteiger partial charge in [-0.2, -0.15) is 4.72 Å². The first-order valence-corrected chi connectivity index (χ1v) is 8.21. The average Bonchev–Trinajstić information content (AvgIpc) is 2.26. The maximum atomic E-state index is 12.4. The van der Waals surface area contributed by atoms with Crippen LogP contribution >= 0.6 is 15.9 Å². The number of hydrogen-bond acceptors (Lipinski definition) is 3. The first-order chi connectivity index (χ1) is 8.92. The Bertz CT molecular complexity index is 622. The molecule has 1 rings (SSSR count). The maximum absolute atomic E-state index is 12.4. The van der Waals surface area contributed by atoms with Crippen LogP contribution in [0.3, 0.4) is 0 Å². The van der Waals surface area contributed by atoms with Crippen LogP contribution in [0.5, 0.6) is 0 Å². The monoisotopic (exact) mass is 363 g/mol. The summed E-state index contributed by atoms with van der Waals surface area (Å²) in [5.74, 6) is -1.22. The molecule has 5 nitrogen and oxygen atoms in total. The zero-order valence-electron chi connectivity index (χ0n) is 11.8. The molecule has 0 aromatic heterocycles. The molecule has 0 aliphatic heterocycles. The Morgan fingerprint density at radius 3 is 2.10 bits per heavy atom. The van der Waals surface area contributed by atoms with E-state index in [0.717, 1.165) is 0 Å². The number of sulfonamides is 1. The Kier molecular flexibility index (Phi) is 4.68. The van der Waals surface area contributed by atoms with E-state index in [4.69, 9.17) is 0 Å². The van der Waals surface area contributed by atoms with Gasteiger partial charge in [-0.1, -0.05) is 32.9 Å². The Labute approximate surface area is 127 Å². The molecule has 0 bridgehead atoms. The van der Waals surface area contributed by atoms with Crippen LogP contribution in [0.15, 0.2) is 33.6 Å². The van der Waals surface area contributed by atoms with Gasteiger partial charge >= 0.3 is 5.97 Å². The van der Waals surface area contributed by atoms with E-state index in [-0.39, 0.29) is 4.90 Å². The van der Waals surface area contributed by atoms with Crippen molar-refractivity contribution < 1.29 is 18.3 Å². The molecule has 0 spiro atoms. The molecule has 0 saturated heterocycles. The summed E-state index contributed by atoms with van der Waals surface area (Å²) in [5, 5.41) is 9.41. The van der Waals surface area contributed by atoms with Crippen molar-refractivity contribution in [2.75, 3.05) is 0 Å². The average molecular weight is 364 g/mol. The fraction of sp³-hybridized carbons (Fsp3) is 0.462. The van der Waals surface area contributed by atoms with Crippen LogP contribution in [0.4, 0.5) is 0 Å². The van der Waals surface area contributed by atoms with E-state index < -0.39 is 26.9 Å². The molecule has 112 valence electrons. The van der Waals surface area contributed by atoms with Crippen LogP contribution in [-0.2, 0) is 14.8 Å². The van der Waals surface area contributed by atoms with Gasteiger partial charge in [0.05, 0.1) is 4.90 Å². The smallest absolute Gasteiger partial charge is 0.325 e. The van der Waals surface area contributed by atoms with E-state index in [1.165, 1.54) is 13.0 Å². The van der Waals surface area contributed by atoms with E-state index >= 15 is 0 Å². The largest absolute Gasteiger partial charge is 0.480 e. The third-order valence-corrected chi connectivity index (χ3v) is 5.96. The first kappa shape index (κ1) is 17.1. The number of hydrogen-bond donors (Lipinski definition) is 2. The van der Waals surface area contributed by atoms with Crippen LogP contribution in [-0.4, -0.2) is 25.0 Å². The number of carboxylic acid groups (broad SMARTS) is 1. The molecule has 0 aliphatic rings. The highest BCUT2D eigenvalue weighted by Gasteiger charge is 2.47. The van der Waals surface area contributed by atoms with Gasteiger partial charge in [-0.25, -0.2) is 8.42 Å². The first-order valence-electron chi connectivity index (χ1n) is 5.94. The van der Waals surface area contributed by atoms with Crippen molar-refractivity contribution in [1.29, 1.82) is 0 Å². The lowest BCUT2D eigenvalue weighted by atomic mass is 9.76. The van der Waals surface area contributed by atoms with Crippen LogP contribution in [0, 0.1) is 5.41 Å². The normalized spacial score (nSPS) is 15.7. The SMILES string of the molecule is CC(C)(C)[C@](C)(NS(=O)(=O)c1ccccc1Br)C(=O)O. The molecule has 0 saturated carbocycles. The summed E-state index contributed by atoms with van der Waals surface area (Å²) in [6, 6.07) is 6.26. The summed E-state index contributed by atoms with van der Waals surface area (Å²) < 4.78 is 27.5. The summed E-state index contributed by atoms with van der Waals surface area (Å²) in [5.41, 5.74) is -2.42. The van der Waals surface area contributed by atoms with Gasteiger partial charge in [-0.05, 0) is 40.4 Å². The molecule has 1 aromatic carbocycles. The van der Waals surface area contributed by atoms with Crippen molar-refractivity contribution in [2.45, 2.75) is 38.1 Å². The topological polar surface area (TPSA) is 83.5 Å². The molecule has 0 fully saturated rings. The van der Waals surface area contributed by atoms with Gasteiger partial charge in [0.15, 0.2) is 0 Å². The predicted molar refractivity (Wildman–Crippen MR) is 80.0 cm³/mol. The second-order valence-corrected chi connectivity index (χ2v) is 8.22. The summed E-state index contributed by atoms with van der Waals surface area (Å²) >= 11 is 3.16. The van der Waals surface area contributed by atoms with Gasteiger partial charge in [0.2, 0.25) is 10.0 Å². The molecule has 1 atom stereocenters. The molecule has 20 heavy (non-hydrogen) atoms. The lowest BCUT2D eigenvalue weighted by molar-refractivity contribution is -0.147. The van der Waals surface area contributed by atoms with E-state index in [1.807, 2.05) is 0 Å². The second kappa shape index (κ2) is 5.46. The van der Waals surface area contributed by atoms with Gasteiger partial charge < -0.3 is 5.11 Å². The van der Waals surface area contributed by atoms with Crippen molar-refractivity contribution in [2.24, 2.45) is 5.41 Å². The van der Waals surface area contributed by atoms with Crippen molar-refractivity contribution in [1.82, 2.24) is 4.72 Å². The summed E-state index contributed by atoms with van der Waals surface area (Å²) in [4.78, 5) is 11.5. The number of benzene rings is 1. The zero-order chi connectivity index (χ0) is 15.8. The summed E-state index contributed by atoms with van der Waals surface area (Å²) in [6.45, 7) is 6.38. The van der Waals surface area contributed by atoms with Crippen LogP contribution in [0.1, 0.15) is 27.7 Å². The molecule has 0 radical (unpaired) electrons. The van der Waals surface area contributed by atoms with E-state index in [9.17, 15) is 18.3 Å². The van der Waals surface area contributed by atoms with Gasteiger partial charge in [0, 0.05) is 4.47 Å². The van der Waals surface area contributed by atoms with E-state index in [0.29, 0.717) is 4.47 Å².